The Balaban J connectivity index is 1.67. The van der Waals surface area contributed by atoms with E-state index in [0.717, 1.165) is 18.2 Å². The fraction of sp³-hybridized carbons (Fsp3) is 0.148. The van der Waals surface area contributed by atoms with E-state index in [9.17, 15) is 28.0 Å². The third kappa shape index (κ3) is 7.51. The first-order valence-electron chi connectivity index (χ1n) is 11.0. The number of nitriles is 1. The molecule has 0 radical (unpaired) electrons. The smallest absolute Gasteiger partial charge is 0.416 e. The molecule has 0 spiro atoms. The number of halogens is 3. The zero-order valence-corrected chi connectivity index (χ0v) is 20.3. The van der Waals surface area contributed by atoms with Gasteiger partial charge in [-0.25, -0.2) is 0 Å². The number of methoxy groups -OCH3 is 2. The summed E-state index contributed by atoms with van der Waals surface area (Å²) in [6.07, 6.45) is -3.34. The lowest BCUT2D eigenvalue weighted by Gasteiger charge is -2.12. The zero-order valence-electron chi connectivity index (χ0n) is 20.3. The topological polar surface area (TPSA) is 110 Å². The van der Waals surface area contributed by atoms with Crippen LogP contribution in [-0.4, -0.2) is 32.6 Å². The molecule has 8 nitrogen and oxygen atoms in total. The molecular weight excluding hydrogens is 503 g/mol. The molecule has 2 amide bonds. The maximum absolute atomic E-state index is 12.9. The quantitative estimate of drug-likeness (QED) is 0.290. The molecule has 0 bridgehead atoms. The minimum Gasteiger partial charge on any atom is -0.497 e. The number of hydrogen-bond donors (Lipinski definition) is 2. The van der Waals surface area contributed by atoms with E-state index in [1.54, 1.807) is 30.3 Å². The minimum absolute atomic E-state index is 0.111. The number of ether oxygens (including phenoxy) is 3. The average molecular weight is 525 g/mol. The summed E-state index contributed by atoms with van der Waals surface area (Å²) >= 11 is 0. The predicted molar refractivity (Wildman–Crippen MR) is 134 cm³/mol. The molecule has 2 N–H and O–H groups in total. The van der Waals surface area contributed by atoms with Crippen LogP contribution in [0.25, 0.3) is 6.08 Å². The molecule has 0 fully saturated rings. The molecule has 0 saturated heterocycles. The lowest BCUT2D eigenvalue weighted by atomic mass is 10.1. The lowest BCUT2D eigenvalue weighted by Crippen LogP contribution is -2.20. The average Bonchev–Trinajstić information content (AvgIpc) is 2.90. The summed E-state index contributed by atoms with van der Waals surface area (Å²) in [5, 5.41) is 14.4. The van der Waals surface area contributed by atoms with Crippen molar-refractivity contribution in [3.05, 3.63) is 83.4 Å². The van der Waals surface area contributed by atoms with Crippen molar-refractivity contribution < 1.29 is 37.0 Å². The Hall–Kier alpha value is -4.98. The van der Waals surface area contributed by atoms with Crippen LogP contribution in [0.15, 0.2) is 72.3 Å². The Bertz CT molecular complexity index is 1380. The third-order valence-corrected chi connectivity index (χ3v) is 5.04. The van der Waals surface area contributed by atoms with E-state index >= 15 is 0 Å². The first kappa shape index (κ1) is 27.6. The van der Waals surface area contributed by atoms with Crippen LogP contribution in [-0.2, 0) is 15.8 Å². The van der Waals surface area contributed by atoms with Crippen molar-refractivity contribution >= 4 is 29.3 Å². The molecule has 38 heavy (non-hydrogen) atoms. The van der Waals surface area contributed by atoms with Crippen LogP contribution in [0.5, 0.6) is 17.2 Å². The number of nitrogens with zero attached hydrogens (tertiary/aromatic N) is 1. The monoisotopic (exact) mass is 525 g/mol. The van der Waals surface area contributed by atoms with Gasteiger partial charge in [0.15, 0.2) is 18.1 Å². The van der Waals surface area contributed by atoms with Crippen LogP contribution in [0, 0.1) is 11.3 Å². The van der Waals surface area contributed by atoms with Crippen molar-refractivity contribution in [1.29, 1.82) is 5.26 Å². The molecule has 3 rings (SSSR count). The summed E-state index contributed by atoms with van der Waals surface area (Å²) in [7, 11) is 2.91. The highest BCUT2D eigenvalue weighted by Gasteiger charge is 2.30. The number of anilines is 2. The standard InChI is InChI=1S/C27H22F3N3O5/c1-36-22-9-7-20(8-10-22)32-25(34)16-38-23-11-6-17(13-24(23)37-2)12-18(15-31)26(35)33-21-5-3-4-19(14-21)27(28,29)30/h3-14H,16H2,1-2H3,(H,32,34)(H,33,35)/b18-12+. The predicted octanol–water partition coefficient (Wildman–Crippen LogP) is 5.29. The van der Waals surface area contributed by atoms with Gasteiger partial charge in [-0.05, 0) is 66.2 Å². The van der Waals surface area contributed by atoms with E-state index in [0.29, 0.717) is 17.0 Å². The summed E-state index contributed by atoms with van der Waals surface area (Å²) in [5.41, 5.74) is -0.458. The normalized spacial score (nSPS) is 11.2. The molecule has 0 heterocycles. The summed E-state index contributed by atoms with van der Waals surface area (Å²) in [6, 6.07) is 17.0. The summed E-state index contributed by atoms with van der Waals surface area (Å²) in [6.45, 7) is -0.319. The van der Waals surface area contributed by atoms with Crippen LogP contribution in [0.2, 0.25) is 0 Å². The van der Waals surface area contributed by atoms with E-state index in [1.807, 2.05) is 0 Å². The van der Waals surface area contributed by atoms with Gasteiger partial charge < -0.3 is 24.8 Å². The largest absolute Gasteiger partial charge is 0.497 e. The second kappa shape index (κ2) is 12.3. The second-order valence-electron chi connectivity index (χ2n) is 7.68. The van der Waals surface area contributed by atoms with Crippen LogP contribution in [0.3, 0.4) is 0 Å². The van der Waals surface area contributed by atoms with E-state index in [-0.39, 0.29) is 29.4 Å². The SMILES string of the molecule is COc1ccc(NC(=O)COc2ccc(/C=C(\C#N)C(=O)Nc3cccc(C(F)(F)F)c3)cc2OC)cc1. The molecule has 0 aliphatic carbocycles. The number of carbonyl (C=O) groups excluding carboxylic acids is 2. The Morgan fingerprint density at radius 3 is 2.29 bits per heavy atom. The summed E-state index contributed by atoms with van der Waals surface area (Å²) in [4.78, 5) is 24.7. The number of alkyl halides is 3. The molecule has 0 aromatic heterocycles. The number of rotatable bonds is 9. The zero-order chi connectivity index (χ0) is 27.7. The highest BCUT2D eigenvalue weighted by molar-refractivity contribution is 6.09. The maximum atomic E-state index is 12.9. The lowest BCUT2D eigenvalue weighted by molar-refractivity contribution is -0.137. The van der Waals surface area contributed by atoms with Gasteiger partial charge in [-0.3, -0.25) is 9.59 Å². The van der Waals surface area contributed by atoms with Gasteiger partial charge in [-0.2, -0.15) is 18.4 Å². The fourth-order valence-electron chi connectivity index (χ4n) is 3.19. The van der Waals surface area contributed by atoms with Gasteiger partial charge in [0.2, 0.25) is 0 Å². The number of hydrogen-bond acceptors (Lipinski definition) is 6. The van der Waals surface area contributed by atoms with Gasteiger partial charge in [0.05, 0.1) is 19.8 Å². The number of carbonyl (C=O) groups is 2. The maximum Gasteiger partial charge on any atom is 0.416 e. The molecular formula is C27H22F3N3O5. The van der Waals surface area contributed by atoms with E-state index in [1.165, 1.54) is 44.6 Å². The van der Waals surface area contributed by atoms with E-state index < -0.39 is 23.6 Å². The van der Waals surface area contributed by atoms with Crippen molar-refractivity contribution in [2.75, 3.05) is 31.5 Å². The molecule has 0 aliphatic heterocycles. The molecule has 0 aliphatic rings. The number of benzene rings is 3. The minimum atomic E-state index is -4.58. The van der Waals surface area contributed by atoms with Crippen LogP contribution < -0.4 is 24.8 Å². The number of nitrogens with one attached hydrogen (secondary N) is 2. The van der Waals surface area contributed by atoms with Gasteiger partial charge >= 0.3 is 6.18 Å². The summed E-state index contributed by atoms with van der Waals surface area (Å²) in [5.74, 6) is -0.195. The molecule has 11 heteroatoms. The van der Waals surface area contributed by atoms with Gasteiger partial charge in [0.1, 0.15) is 17.4 Å². The molecule has 0 saturated carbocycles. The highest BCUT2D eigenvalue weighted by Crippen LogP contribution is 2.31. The Morgan fingerprint density at radius 1 is 0.921 bits per heavy atom. The van der Waals surface area contributed by atoms with Crippen molar-refractivity contribution in [2.24, 2.45) is 0 Å². The summed E-state index contributed by atoms with van der Waals surface area (Å²) < 4.78 is 54.7. The Labute approximate surface area is 216 Å². The van der Waals surface area contributed by atoms with Crippen LogP contribution in [0.4, 0.5) is 24.5 Å². The van der Waals surface area contributed by atoms with Crippen molar-refractivity contribution in [3.8, 4) is 23.3 Å². The molecule has 0 atom stereocenters. The van der Waals surface area contributed by atoms with Crippen LogP contribution in [0.1, 0.15) is 11.1 Å². The van der Waals surface area contributed by atoms with Crippen molar-refractivity contribution in [3.63, 3.8) is 0 Å². The van der Waals surface area contributed by atoms with Gasteiger partial charge in [0, 0.05) is 11.4 Å². The van der Waals surface area contributed by atoms with Gasteiger partial charge in [-0.1, -0.05) is 12.1 Å². The second-order valence-corrected chi connectivity index (χ2v) is 7.68. The first-order chi connectivity index (χ1) is 18.1. The Morgan fingerprint density at radius 2 is 1.66 bits per heavy atom. The highest BCUT2D eigenvalue weighted by atomic mass is 19.4. The fourth-order valence-corrected chi connectivity index (χ4v) is 3.19. The first-order valence-corrected chi connectivity index (χ1v) is 11.0. The van der Waals surface area contributed by atoms with Crippen molar-refractivity contribution in [2.45, 2.75) is 6.18 Å². The molecule has 3 aromatic carbocycles. The Kier molecular flexibility index (Phi) is 8.95. The third-order valence-electron chi connectivity index (χ3n) is 5.04. The van der Waals surface area contributed by atoms with Crippen molar-refractivity contribution in [1.82, 2.24) is 0 Å². The van der Waals surface area contributed by atoms with E-state index in [2.05, 4.69) is 10.6 Å². The molecule has 0 unspecified atom stereocenters. The van der Waals surface area contributed by atoms with E-state index in [4.69, 9.17) is 14.2 Å². The van der Waals surface area contributed by atoms with Gasteiger partial charge in [-0.15, -0.1) is 0 Å². The molecule has 196 valence electrons. The number of amides is 2. The van der Waals surface area contributed by atoms with Gasteiger partial charge in [0.25, 0.3) is 11.8 Å². The van der Waals surface area contributed by atoms with Crippen LogP contribution >= 0.6 is 0 Å². The molecule has 3 aromatic rings.